The highest BCUT2D eigenvalue weighted by atomic mass is 16.5. The van der Waals surface area contributed by atoms with Gasteiger partial charge in [-0.2, -0.15) is 0 Å². The quantitative estimate of drug-likeness (QED) is 0.823. The second-order valence-electron chi connectivity index (χ2n) is 5.77. The first kappa shape index (κ1) is 16.0. The summed E-state index contributed by atoms with van der Waals surface area (Å²) in [6.45, 7) is 9.30. The van der Waals surface area contributed by atoms with Crippen LogP contribution in [0.2, 0.25) is 0 Å². The van der Waals surface area contributed by atoms with Gasteiger partial charge in [-0.05, 0) is 42.6 Å². The number of benzene rings is 1. The summed E-state index contributed by atoms with van der Waals surface area (Å²) in [5.74, 6) is 1.99. The maximum atomic E-state index is 5.67. The third-order valence-corrected chi connectivity index (χ3v) is 3.39. The topological polar surface area (TPSA) is 38.5 Å². The van der Waals surface area contributed by atoms with Gasteiger partial charge in [0.1, 0.15) is 5.75 Å². The highest BCUT2D eigenvalue weighted by molar-refractivity contribution is 5.39. The predicted molar refractivity (Wildman–Crippen MR) is 81.6 cm³/mol. The van der Waals surface area contributed by atoms with Gasteiger partial charge < -0.3 is 15.4 Å². The molecule has 19 heavy (non-hydrogen) atoms. The highest BCUT2D eigenvalue weighted by Crippen LogP contribution is 2.27. The Morgan fingerprint density at radius 2 is 1.95 bits per heavy atom. The van der Waals surface area contributed by atoms with Crippen molar-refractivity contribution in [3.05, 3.63) is 29.3 Å². The molecule has 0 aliphatic carbocycles. The lowest BCUT2D eigenvalue weighted by Gasteiger charge is -2.21. The molecule has 1 rings (SSSR count). The molecule has 108 valence electrons. The van der Waals surface area contributed by atoms with E-state index >= 15 is 0 Å². The summed E-state index contributed by atoms with van der Waals surface area (Å²) in [7, 11) is 3.88. The van der Waals surface area contributed by atoms with E-state index in [4.69, 9.17) is 10.5 Å². The van der Waals surface area contributed by atoms with Crippen molar-refractivity contribution in [2.75, 3.05) is 27.2 Å². The van der Waals surface area contributed by atoms with Gasteiger partial charge >= 0.3 is 0 Å². The van der Waals surface area contributed by atoms with Crippen LogP contribution in [0.5, 0.6) is 5.75 Å². The van der Waals surface area contributed by atoms with Crippen molar-refractivity contribution >= 4 is 0 Å². The van der Waals surface area contributed by atoms with E-state index in [9.17, 15) is 0 Å². The Bertz CT molecular complexity index is 390. The molecule has 3 nitrogen and oxygen atoms in total. The molecule has 0 amide bonds. The summed E-state index contributed by atoms with van der Waals surface area (Å²) in [6, 6.07) is 6.48. The molecule has 1 unspecified atom stereocenters. The third-order valence-electron chi connectivity index (χ3n) is 3.39. The van der Waals surface area contributed by atoms with E-state index in [0.717, 1.165) is 25.4 Å². The lowest BCUT2D eigenvalue weighted by atomic mass is 9.99. The van der Waals surface area contributed by atoms with E-state index in [2.05, 4.69) is 50.9 Å². The molecule has 0 heterocycles. The van der Waals surface area contributed by atoms with Crippen LogP contribution in [0.4, 0.5) is 0 Å². The minimum absolute atomic E-state index is 0.475. The second kappa shape index (κ2) is 7.51. The molecule has 1 aromatic carbocycles. The van der Waals surface area contributed by atoms with Crippen LogP contribution < -0.4 is 10.5 Å². The van der Waals surface area contributed by atoms with Gasteiger partial charge in [0.15, 0.2) is 0 Å². The van der Waals surface area contributed by atoms with Gasteiger partial charge in [-0.15, -0.1) is 0 Å². The molecule has 0 aliphatic rings. The smallest absolute Gasteiger partial charge is 0.122 e. The van der Waals surface area contributed by atoms with E-state index in [-0.39, 0.29) is 0 Å². The van der Waals surface area contributed by atoms with Crippen molar-refractivity contribution in [3.8, 4) is 5.75 Å². The van der Waals surface area contributed by atoms with Gasteiger partial charge in [0.25, 0.3) is 0 Å². The number of hydrogen-bond donors (Lipinski definition) is 1. The zero-order chi connectivity index (χ0) is 14.4. The van der Waals surface area contributed by atoms with Crippen molar-refractivity contribution in [3.63, 3.8) is 0 Å². The Kier molecular flexibility index (Phi) is 6.32. The molecule has 3 heteroatoms. The molecule has 2 N–H and O–H groups in total. The van der Waals surface area contributed by atoms with Gasteiger partial charge in [0.2, 0.25) is 0 Å². The van der Waals surface area contributed by atoms with Crippen LogP contribution in [0.1, 0.15) is 37.8 Å². The molecule has 1 aromatic rings. The summed E-state index contributed by atoms with van der Waals surface area (Å²) in [5.41, 5.74) is 8.28. The minimum Gasteiger partial charge on any atom is -0.496 e. The number of methoxy groups -OCH3 is 1. The third kappa shape index (κ3) is 4.84. The molecule has 0 saturated heterocycles. The molecule has 0 spiro atoms. The summed E-state index contributed by atoms with van der Waals surface area (Å²) >= 11 is 0. The SMILES string of the molecule is COc1ccc(CN(C)CC(C)CN)cc1C(C)C. The predicted octanol–water partition coefficient (Wildman–Crippen LogP) is 2.85. The first-order valence-electron chi connectivity index (χ1n) is 7.03. The molecule has 0 radical (unpaired) electrons. The van der Waals surface area contributed by atoms with Crippen LogP contribution >= 0.6 is 0 Å². The molecule has 0 fully saturated rings. The summed E-state index contributed by atoms with van der Waals surface area (Å²) in [5, 5.41) is 0. The van der Waals surface area contributed by atoms with Gasteiger partial charge in [-0.25, -0.2) is 0 Å². The summed E-state index contributed by atoms with van der Waals surface area (Å²) in [4.78, 5) is 2.32. The number of nitrogens with zero attached hydrogens (tertiary/aromatic N) is 1. The number of rotatable bonds is 7. The van der Waals surface area contributed by atoms with E-state index in [1.54, 1.807) is 7.11 Å². The van der Waals surface area contributed by atoms with Crippen LogP contribution in [-0.4, -0.2) is 32.1 Å². The average molecular weight is 264 g/mol. The van der Waals surface area contributed by atoms with Gasteiger partial charge in [0.05, 0.1) is 7.11 Å². The molecular weight excluding hydrogens is 236 g/mol. The summed E-state index contributed by atoms with van der Waals surface area (Å²) in [6.07, 6.45) is 0. The zero-order valence-corrected chi connectivity index (χ0v) is 12.9. The normalized spacial score (nSPS) is 13.1. The van der Waals surface area contributed by atoms with Crippen LogP contribution in [0.25, 0.3) is 0 Å². The number of nitrogens with two attached hydrogens (primary N) is 1. The molecule has 0 saturated carbocycles. The summed E-state index contributed by atoms with van der Waals surface area (Å²) < 4.78 is 5.42. The van der Waals surface area contributed by atoms with Gasteiger partial charge in [0, 0.05) is 13.1 Å². The van der Waals surface area contributed by atoms with Gasteiger partial charge in [-0.3, -0.25) is 0 Å². The number of hydrogen-bond acceptors (Lipinski definition) is 3. The van der Waals surface area contributed by atoms with Crippen LogP contribution in [-0.2, 0) is 6.54 Å². The second-order valence-corrected chi connectivity index (χ2v) is 5.77. The molecule has 0 aliphatic heterocycles. The maximum absolute atomic E-state index is 5.67. The Balaban J connectivity index is 2.76. The van der Waals surface area contributed by atoms with Crippen LogP contribution in [0.3, 0.4) is 0 Å². The van der Waals surface area contributed by atoms with E-state index in [0.29, 0.717) is 11.8 Å². The molecule has 0 aromatic heterocycles. The maximum Gasteiger partial charge on any atom is 0.122 e. The molecule has 0 bridgehead atoms. The van der Waals surface area contributed by atoms with Crippen molar-refractivity contribution in [2.45, 2.75) is 33.2 Å². The van der Waals surface area contributed by atoms with Crippen molar-refractivity contribution in [1.29, 1.82) is 0 Å². The first-order valence-corrected chi connectivity index (χ1v) is 7.03. The lowest BCUT2D eigenvalue weighted by molar-refractivity contribution is 0.281. The fourth-order valence-corrected chi connectivity index (χ4v) is 2.32. The van der Waals surface area contributed by atoms with Crippen LogP contribution in [0, 0.1) is 5.92 Å². The van der Waals surface area contributed by atoms with E-state index in [1.165, 1.54) is 11.1 Å². The molecular formula is C16H28N2O. The Hall–Kier alpha value is -1.06. The standard InChI is InChI=1S/C16H28N2O/c1-12(2)15-8-14(6-7-16(15)19-5)11-18(4)10-13(3)9-17/h6-8,12-13H,9-11,17H2,1-5H3. The van der Waals surface area contributed by atoms with E-state index in [1.807, 2.05) is 0 Å². The monoisotopic (exact) mass is 264 g/mol. The van der Waals surface area contributed by atoms with Crippen molar-refractivity contribution < 1.29 is 4.74 Å². The van der Waals surface area contributed by atoms with Crippen molar-refractivity contribution in [2.24, 2.45) is 11.7 Å². The number of ether oxygens (including phenoxy) is 1. The minimum atomic E-state index is 0.475. The first-order chi connectivity index (χ1) is 8.97. The largest absolute Gasteiger partial charge is 0.496 e. The van der Waals surface area contributed by atoms with E-state index < -0.39 is 0 Å². The Morgan fingerprint density at radius 1 is 1.26 bits per heavy atom. The lowest BCUT2D eigenvalue weighted by Crippen LogP contribution is -2.28. The fourth-order valence-electron chi connectivity index (χ4n) is 2.32. The Labute approximate surface area is 117 Å². The fraction of sp³-hybridized carbons (Fsp3) is 0.625. The molecule has 1 atom stereocenters. The van der Waals surface area contributed by atoms with Gasteiger partial charge in [-0.1, -0.05) is 32.9 Å². The zero-order valence-electron chi connectivity index (χ0n) is 12.9. The highest BCUT2D eigenvalue weighted by Gasteiger charge is 2.10. The average Bonchev–Trinajstić information content (AvgIpc) is 2.38. The van der Waals surface area contributed by atoms with Crippen molar-refractivity contribution in [1.82, 2.24) is 4.90 Å². The van der Waals surface area contributed by atoms with Crippen LogP contribution in [0.15, 0.2) is 18.2 Å². The Morgan fingerprint density at radius 3 is 2.47 bits per heavy atom.